The van der Waals surface area contributed by atoms with E-state index >= 15 is 0 Å². The highest BCUT2D eigenvalue weighted by Gasteiger charge is 2.28. The van der Waals surface area contributed by atoms with Gasteiger partial charge in [0.1, 0.15) is 18.1 Å². The highest BCUT2D eigenvalue weighted by molar-refractivity contribution is 6.05. The van der Waals surface area contributed by atoms with Crippen LogP contribution < -0.4 is 14.8 Å². The molecule has 0 aliphatic carbocycles. The summed E-state index contributed by atoms with van der Waals surface area (Å²) >= 11 is 0. The van der Waals surface area contributed by atoms with Crippen molar-refractivity contribution in [3.63, 3.8) is 0 Å². The lowest BCUT2D eigenvalue weighted by molar-refractivity contribution is 0.101. The number of benzene rings is 2. The zero-order valence-corrected chi connectivity index (χ0v) is 13.9. The molecular weight excluding hydrogens is 318 g/mol. The van der Waals surface area contributed by atoms with Gasteiger partial charge in [-0.2, -0.15) is 5.10 Å². The second kappa shape index (κ2) is 5.98. The van der Waals surface area contributed by atoms with Gasteiger partial charge in [-0.15, -0.1) is 0 Å². The summed E-state index contributed by atoms with van der Waals surface area (Å²) in [5.41, 5.74) is 3.72. The number of nitrogens with zero attached hydrogens (tertiary/aromatic N) is 2. The summed E-state index contributed by atoms with van der Waals surface area (Å²) < 4.78 is 12.6. The predicted molar refractivity (Wildman–Crippen MR) is 93.9 cm³/mol. The van der Waals surface area contributed by atoms with Gasteiger partial charge in [-0.25, -0.2) is 0 Å². The molecular formula is C19H17N3O3. The van der Waals surface area contributed by atoms with E-state index in [2.05, 4.69) is 10.4 Å². The number of hydrogen-bond donors (Lipinski definition) is 1. The van der Waals surface area contributed by atoms with E-state index in [0.717, 1.165) is 28.3 Å². The van der Waals surface area contributed by atoms with Crippen LogP contribution >= 0.6 is 0 Å². The Balaban J connectivity index is 1.67. The first kappa shape index (κ1) is 15.3. The minimum absolute atomic E-state index is 0.259. The first-order valence-corrected chi connectivity index (χ1v) is 7.91. The van der Waals surface area contributed by atoms with E-state index in [0.29, 0.717) is 18.0 Å². The smallest absolute Gasteiger partial charge is 0.276 e. The second-order valence-electron chi connectivity index (χ2n) is 5.77. The van der Waals surface area contributed by atoms with Gasteiger partial charge < -0.3 is 14.8 Å². The van der Waals surface area contributed by atoms with Crippen LogP contribution in [-0.4, -0.2) is 22.8 Å². The Kier molecular flexibility index (Phi) is 3.65. The van der Waals surface area contributed by atoms with Gasteiger partial charge in [-0.3, -0.25) is 9.48 Å². The molecule has 0 bridgehead atoms. The van der Waals surface area contributed by atoms with Gasteiger partial charge in [-0.05, 0) is 36.4 Å². The molecule has 0 spiro atoms. The average molecular weight is 335 g/mol. The molecule has 4 rings (SSSR count). The third kappa shape index (κ3) is 2.61. The van der Waals surface area contributed by atoms with E-state index in [4.69, 9.17) is 9.47 Å². The van der Waals surface area contributed by atoms with Crippen LogP contribution in [0.3, 0.4) is 0 Å². The summed E-state index contributed by atoms with van der Waals surface area (Å²) in [7, 11) is 3.44. The number of nitrogens with one attached hydrogen (secondary N) is 1. The van der Waals surface area contributed by atoms with E-state index < -0.39 is 0 Å². The summed E-state index contributed by atoms with van der Waals surface area (Å²) in [6.45, 7) is 0.325. The van der Waals surface area contributed by atoms with Crippen LogP contribution in [0.15, 0.2) is 48.5 Å². The third-order valence-corrected chi connectivity index (χ3v) is 4.22. The lowest BCUT2D eigenvalue weighted by Gasteiger charge is -2.18. The number of carbonyl (C=O) groups excluding carboxylic acids is 1. The molecule has 0 atom stereocenters. The van der Waals surface area contributed by atoms with E-state index in [1.54, 1.807) is 36.1 Å². The highest BCUT2D eigenvalue weighted by atomic mass is 16.5. The van der Waals surface area contributed by atoms with Crippen molar-refractivity contribution in [2.24, 2.45) is 7.05 Å². The number of amides is 1. The number of methoxy groups -OCH3 is 1. The number of aromatic nitrogens is 2. The fraction of sp³-hybridized carbons (Fsp3) is 0.158. The molecule has 6 heteroatoms. The molecule has 25 heavy (non-hydrogen) atoms. The number of fused-ring (bicyclic) bond motifs is 3. The molecule has 0 radical (unpaired) electrons. The Bertz CT molecular complexity index is 945. The summed E-state index contributed by atoms with van der Waals surface area (Å²) in [4.78, 5) is 12.7. The zero-order chi connectivity index (χ0) is 17.4. The van der Waals surface area contributed by atoms with Crippen molar-refractivity contribution in [2.45, 2.75) is 6.61 Å². The average Bonchev–Trinajstić information content (AvgIpc) is 3.00. The lowest BCUT2D eigenvalue weighted by atomic mass is 10.0. The summed E-state index contributed by atoms with van der Waals surface area (Å²) in [5.74, 6) is 1.28. The van der Waals surface area contributed by atoms with Gasteiger partial charge in [-0.1, -0.05) is 12.1 Å². The highest BCUT2D eigenvalue weighted by Crippen LogP contribution is 2.38. The van der Waals surface area contributed by atoms with Crippen LogP contribution in [0, 0.1) is 0 Å². The Morgan fingerprint density at radius 1 is 1.20 bits per heavy atom. The normalized spacial score (nSPS) is 11.9. The number of ether oxygens (including phenoxy) is 2. The van der Waals surface area contributed by atoms with Crippen LogP contribution in [0.1, 0.15) is 16.1 Å². The number of anilines is 1. The Morgan fingerprint density at radius 2 is 1.96 bits per heavy atom. The van der Waals surface area contributed by atoms with Gasteiger partial charge in [0.25, 0.3) is 5.91 Å². The van der Waals surface area contributed by atoms with Crippen LogP contribution in [0.5, 0.6) is 11.5 Å². The molecule has 6 nitrogen and oxygen atoms in total. The SMILES string of the molecule is COc1ccc(NC(=O)c2nn(C)c3c2COc2ccccc2-3)cc1. The topological polar surface area (TPSA) is 65.4 Å². The number of para-hydroxylation sites is 1. The maximum absolute atomic E-state index is 12.7. The van der Waals surface area contributed by atoms with Crippen LogP contribution in [0.4, 0.5) is 5.69 Å². The molecule has 1 N–H and O–H groups in total. The Labute approximate surface area is 145 Å². The van der Waals surface area contributed by atoms with Crippen LogP contribution in [-0.2, 0) is 13.7 Å². The van der Waals surface area contributed by atoms with Gasteiger partial charge in [0, 0.05) is 23.9 Å². The van der Waals surface area contributed by atoms with Crippen molar-refractivity contribution in [1.29, 1.82) is 0 Å². The fourth-order valence-electron chi connectivity index (χ4n) is 3.03. The molecule has 1 amide bonds. The zero-order valence-electron chi connectivity index (χ0n) is 13.9. The fourth-order valence-corrected chi connectivity index (χ4v) is 3.03. The lowest BCUT2D eigenvalue weighted by Crippen LogP contribution is -2.16. The number of carbonyl (C=O) groups is 1. The molecule has 126 valence electrons. The molecule has 1 aliphatic heterocycles. The number of aryl methyl sites for hydroxylation is 1. The van der Waals surface area contributed by atoms with Gasteiger partial charge >= 0.3 is 0 Å². The standard InChI is InChI=1S/C19H17N3O3/c1-22-18-14-5-3-4-6-16(14)25-11-15(18)17(21-22)19(23)20-12-7-9-13(24-2)10-8-12/h3-10H,11H2,1-2H3,(H,20,23). The van der Waals surface area contributed by atoms with Crippen molar-refractivity contribution in [3.05, 3.63) is 59.8 Å². The monoisotopic (exact) mass is 335 g/mol. The molecule has 2 heterocycles. The van der Waals surface area contributed by atoms with Crippen LogP contribution in [0.2, 0.25) is 0 Å². The molecule has 0 unspecified atom stereocenters. The number of hydrogen-bond acceptors (Lipinski definition) is 4. The first-order chi connectivity index (χ1) is 12.2. The molecule has 1 aromatic heterocycles. The Hall–Kier alpha value is -3.28. The maximum Gasteiger partial charge on any atom is 0.276 e. The van der Waals surface area contributed by atoms with E-state index in [9.17, 15) is 4.79 Å². The van der Waals surface area contributed by atoms with Crippen LogP contribution in [0.25, 0.3) is 11.3 Å². The van der Waals surface area contributed by atoms with Gasteiger partial charge in [0.15, 0.2) is 5.69 Å². The largest absolute Gasteiger partial charge is 0.497 e. The Morgan fingerprint density at radius 3 is 2.72 bits per heavy atom. The molecule has 2 aromatic carbocycles. The van der Waals surface area contributed by atoms with Gasteiger partial charge in [0.2, 0.25) is 0 Å². The van der Waals surface area contributed by atoms with Crippen molar-refractivity contribution in [2.75, 3.05) is 12.4 Å². The van der Waals surface area contributed by atoms with Crippen molar-refractivity contribution >= 4 is 11.6 Å². The molecule has 0 saturated heterocycles. The van der Waals surface area contributed by atoms with E-state index in [1.165, 1.54) is 0 Å². The van der Waals surface area contributed by atoms with Crippen molar-refractivity contribution < 1.29 is 14.3 Å². The van der Waals surface area contributed by atoms with Crippen molar-refractivity contribution in [1.82, 2.24) is 9.78 Å². The van der Waals surface area contributed by atoms with E-state index in [1.807, 2.05) is 31.3 Å². The summed E-state index contributed by atoms with van der Waals surface area (Å²) in [6.07, 6.45) is 0. The van der Waals surface area contributed by atoms with Gasteiger partial charge in [0.05, 0.1) is 12.8 Å². The molecule has 1 aliphatic rings. The molecule has 3 aromatic rings. The minimum Gasteiger partial charge on any atom is -0.497 e. The number of rotatable bonds is 3. The maximum atomic E-state index is 12.7. The quantitative estimate of drug-likeness (QED) is 0.798. The molecule has 0 saturated carbocycles. The second-order valence-corrected chi connectivity index (χ2v) is 5.77. The van der Waals surface area contributed by atoms with Crippen molar-refractivity contribution in [3.8, 4) is 22.8 Å². The summed E-state index contributed by atoms with van der Waals surface area (Å²) in [5, 5.41) is 7.29. The third-order valence-electron chi connectivity index (χ3n) is 4.22. The first-order valence-electron chi connectivity index (χ1n) is 7.91. The molecule has 0 fully saturated rings. The summed E-state index contributed by atoms with van der Waals surface area (Å²) in [6, 6.07) is 14.9. The predicted octanol–water partition coefficient (Wildman–Crippen LogP) is 3.24. The van der Waals surface area contributed by atoms with E-state index in [-0.39, 0.29) is 5.91 Å². The minimum atomic E-state index is -0.259.